The smallest absolute Gasteiger partial charge is 0.245 e. The maximum absolute atomic E-state index is 13.8. The van der Waals surface area contributed by atoms with Crippen molar-refractivity contribution in [3.63, 3.8) is 0 Å². The van der Waals surface area contributed by atoms with Crippen molar-refractivity contribution in [2.75, 3.05) is 54.9 Å². The van der Waals surface area contributed by atoms with Crippen molar-refractivity contribution < 1.29 is 54.7 Å². The monoisotopic (exact) mass is 1130 g/mol. The van der Waals surface area contributed by atoms with Crippen molar-refractivity contribution in [3.8, 4) is 34.9 Å². The molecular formula is C46H60Cl2N14O12S2. The predicted molar refractivity (Wildman–Crippen MR) is 273 cm³/mol. The second-order valence-corrected chi connectivity index (χ2v) is 23.6. The molecule has 26 nitrogen and oxygen atoms in total. The molecular weight excluding hydrogens is 1080 g/mol. The number of hydrogen-bond acceptors (Lipinski definition) is 24. The molecule has 76 heavy (non-hydrogen) atoms. The Morgan fingerprint density at radius 2 is 0.868 bits per heavy atom. The third-order valence-electron chi connectivity index (χ3n) is 12.1. The van der Waals surface area contributed by atoms with Gasteiger partial charge in [-0.2, -0.15) is 19.9 Å². The van der Waals surface area contributed by atoms with Crippen molar-refractivity contribution in [1.29, 1.82) is 0 Å². The van der Waals surface area contributed by atoms with Gasteiger partial charge in [-0.15, -0.1) is 20.4 Å². The Labute approximate surface area is 449 Å². The van der Waals surface area contributed by atoms with Crippen LogP contribution in [0.2, 0.25) is 10.0 Å². The van der Waals surface area contributed by atoms with Gasteiger partial charge >= 0.3 is 0 Å². The van der Waals surface area contributed by atoms with Gasteiger partial charge in [-0.1, -0.05) is 23.2 Å². The quantitative estimate of drug-likeness (QED) is 0.0865. The van der Waals surface area contributed by atoms with E-state index in [2.05, 4.69) is 60.3 Å². The highest BCUT2D eigenvalue weighted by atomic mass is 35.5. The zero-order chi connectivity index (χ0) is 54.9. The highest BCUT2D eigenvalue weighted by molar-refractivity contribution is 7.91. The highest BCUT2D eigenvalue weighted by Gasteiger charge is 2.40. The van der Waals surface area contributed by atoms with E-state index in [1.807, 2.05) is 27.7 Å². The summed E-state index contributed by atoms with van der Waals surface area (Å²) >= 11 is 11.9. The predicted octanol–water partition coefficient (Wildman–Crippen LogP) is 4.98. The molecule has 2 aliphatic heterocycles. The molecule has 2 saturated heterocycles. The van der Waals surface area contributed by atoms with E-state index in [0.29, 0.717) is 72.3 Å². The van der Waals surface area contributed by atoms with Gasteiger partial charge in [-0.05, 0) is 54.4 Å². The molecule has 0 amide bonds. The fraction of sp³-hybridized carbons (Fsp3) is 0.565. The van der Waals surface area contributed by atoms with Gasteiger partial charge in [0, 0.05) is 49.8 Å². The lowest BCUT2D eigenvalue weighted by atomic mass is 10.1. The Kier molecular flexibility index (Phi) is 19.4. The minimum absolute atomic E-state index is 0.120. The molecule has 0 radical (unpaired) electrons. The van der Waals surface area contributed by atoms with Crippen LogP contribution in [0.5, 0.6) is 23.5 Å². The molecule has 0 aliphatic carbocycles. The Morgan fingerprint density at radius 3 is 1.14 bits per heavy atom. The average molecular weight is 1140 g/mol. The summed E-state index contributed by atoms with van der Waals surface area (Å²) in [7, 11) is -2.02. The van der Waals surface area contributed by atoms with Crippen LogP contribution in [0.15, 0.2) is 37.4 Å². The van der Waals surface area contributed by atoms with Crippen LogP contribution < -0.4 is 18.9 Å². The number of sulfone groups is 2. The van der Waals surface area contributed by atoms with Gasteiger partial charge in [-0.25, -0.2) is 36.8 Å². The van der Waals surface area contributed by atoms with E-state index in [-0.39, 0.29) is 70.9 Å². The lowest BCUT2D eigenvalue weighted by molar-refractivity contribution is 0.00122. The molecule has 8 heterocycles. The third-order valence-corrected chi connectivity index (χ3v) is 16.6. The molecule has 0 saturated carbocycles. The molecule has 2 aliphatic rings. The molecule has 412 valence electrons. The Morgan fingerprint density at radius 1 is 0.539 bits per heavy atom. The zero-order valence-electron chi connectivity index (χ0n) is 43.5. The first-order valence-corrected chi connectivity index (χ1v) is 28.1. The second-order valence-electron chi connectivity index (χ2n) is 18.0. The number of halogens is 2. The van der Waals surface area contributed by atoms with Gasteiger partial charge in [0.15, 0.2) is 54.3 Å². The number of methoxy groups -OCH3 is 4. The van der Waals surface area contributed by atoms with Crippen molar-refractivity contribution in [3.05, 3.63) is 82.4 Å². The van der Waals surface area contributed by atoms with Crippen molar-refractivity contribution in [2.24, 2.45) is 0 Å². The van der Waals surface area contributed by atoms with Crippen LogP contribution in [0, 0.1) is 0 Å². The highest BCUT2D eigenvalue weighted by Crippen LogP contribution is 2.38. The van der Waals surface area contributed by atoms with E-state index >= 15 is 0 Å². The van der Waals surface area contributed by atoms with Crippen molar-refractivity contribution in [2.45, 2.75) is 113 Å². The number of rotatable bonds is 22. The molecule has 0 spiro atoms. The van der Waals surface area contributed by atoms with Gasteiger partial charge in [0.1, 0.15) is 48.0 Å². The summed E-state index contributed by atoms with van der Waals surface area (Å²) < 4.78 is 103. The fourth-order valence-corrected chi connectivity index (χ4v) is 11.2. The summed E-state index contributed by atoms with van der Waals surface area (Å²) in [6.45, 7) is 12.3. The summed E-state index contributed by atoms with van der Waals surface area (Å²) in [5.41, 5.74) is 0.608. The van der Waals surface area contributed by atoms with Crippen LogP contribution in [0.3, 0.4) is 0 Å². The third kappa shape index (κ3) is 13.3. The van der Waals surface area contributed by atoms with Crippen LogP contribution >= 0.6 is 23.2 Å². The van der Waals surface area contributed by atoms with E-state index in [0.717, 1.165) is 0 Å². The molecule has 6 atom stereocenters. The molecule has 30 heteroatoms. The Balaban J connectivity index is 0.000000221. The maximum atomic E-state index is 13.8. The average Bonchev–Trinajstić information content (AvgIpc) is 4.26. The molecule has 2 fully saturated rings. The first-order chi connectivity index (χ1) is 36.3. The molecule has 0 aromatic carbocycles. The zero-order valence-corrected chi connectivity index (χ0v) is 46.6. The van der Waals surface area contributed by atoms with Crippen LogP contribution in [0.25, 0.3) is 11.4 Å². The summed E-state index contributed by atoms with van der Waals surface area (Å²) in [5.74, 6) is 1.26. The van der Waals surface area contributed by atoms with Crippen molar-refractivity contribution in [1.82, 2.24) is 69.4 Å². The topological polar surface area (TPSA) is 307 Å². The summed E-state index contributed by atoms with van der Waals surface area (Å²) in [6.07, 6.45) is 7.12. The summed E-state index contributed by atoms with van der Waals surface area (Å²) in [6, 6.07) is 0. The first kappa shape index (κ1) is 57.8. The Hall–Kier alpha value is -5.88. The minimum atomic E-state index is -3.91. The van der Waals surface area contributed by atoms with Gasteiger partial charge in [0.05, 0.1) is 74.4 Å². The van der Waals surface area contributed by atoms with Crippen LogP contribution in [-0.2, 0) is 50.1 Å². The van der Waals surface area contributed by atoms with E-state index in [9.17, 15) is 16.8 Å². The van der Waals surface area contributed by atoms with Crippen molar-refractivity contribution >= 4 is 42.9 Å². The first-order valence-electron chi connectivity index (χ1n) is 23.9. The number of ether oxygens (including phenoxy) is 8. The normalized spacial score (nSPS) is 17.5. The summed E-state index contributed by atoms with van der Waals surface area (Å²) in [5, 5.41) is 15.9. The van der Waals surface area contributed by atoms with Crippen LogP contribution in [0.1, 0.15) is 113 Å². The molecule has 6 aromatic heterocycles. The summed E-state index contributed by atoms with van der Waals surface area (Å²) in [4.78, 5) is 33.6. The van der Waals surface area contributed by atoms with Crippen LogP contribution in [0.4, 0.5) is 0 Å². The number of nitrogens with zero attached hydrogens (tertiary/aromatic N) is 14. The molecule has 8 rings (SSSR count). The van der Waals surface area contributed by atoms with Crippen LogP contribution in [-0.4, -0.2) is 164 Å². The molecule has 0 unspecified atom stereocenters. The van der Waals surface area contributed by atoms with Gasteiger partial charge in [0.25, 0.3) is 0 Å². The van der Waals surface area contributed by atoms with E-state index in [4.69, 9.17) is 61.1 Å². The Bertz CT molecular complexity index is 2860. The molecule has 0 N–H and O–H groups in total. The maximum Gasteiger partial charge on any atom is 0.245 e. The SMILES string of the molecule is COc1ncnc(OC)c1-n1c(CS(=O)(=O)[C@@H](C)[C@@H](OC(C)C)c2ncc(Cl)cn2)nnc1[C@@H]1CCOC1.COc1ncnc(OC)c1-n1c(CS(=O)(=O)[C@@H](C)[C@@H](OC(C)C)c2ncc(Cl)cn2)nnc1[C@H]1CCOC1. The van der Waals surface area contributed by atoms with E-state index in [1.54, 1.807) is 23.0 Å². The standard InChI is InChI=1S/2C23H30ClN7O6S/c2*1-13(2)37-19(20-25-8-16(24)9-26-20)14(3)38(32,33)11-17-29-30-21(15-6-7-36-10-15)31(17)18-22(34-4)27-12-28-23(18)35-5/h2*8-9,12-15,19H,6-7,10-11H2,1-5H3/t14-,15+,19+;14-,15-,19+/m00/s1. The van der Waals surface area contributed by atoms with E-state index < -0.39 is 53.9 Å². The van der Waals surface area contributed by atoms with Gasteiger partial charge in [0.2, 0.25) is 23.5 Å². The van der Waals surface area contributed by atoms with Gasteiger partial charge < -0.3 is 37.9 Å². The largest absolute Gasteiger partial charge is 0.479 e. The lowest BCUT2D eigenvalue weighted by Gasteiger charge is -2.25. The molecule has 0 bridgehead atoms. The minimum Gasteiger partial charge on any atom is -0.479 e. The van der Waals surface area contributed by atoms with E-state index in [1.165, 1.54) is 65.9 Å². The molecule has 6 aromatic rings. The van der Waals surface area contributed by atoms with Gasteiger partial charge in [-0.3, -0.25) is 9.13 Å². The number of hydrogen-bond donors (Lipinski definition) is 0. The number of aromatic nitrogens is 14. The second kappa shape index (κ2) is 25.5. The fourth-order valence-electron chi connectivity index (χ4n) is 8.30. The lowest BCUT2D eigenvalue weighted by Crippen LogP contribution is -2.32.